The highest BCUT2D eigenvalue weighted by molar-refractivity contribution is 5.31. The summed E-state index contributed by atoms with van der Waals surface area (Å²) in [7, 11) is 0. The van der Waals surface area contributed by atoms with Gasteiger partial charge in [-0.05, 0) is 64.0 Å². The van der Waals surface area contributed by atoms with Crippen LogP contribution < -0.4 is 11.4 Å². The Kier molecular flexibility index (Phi) is 4.77. The minimum absolute atomic E-state index is 0.0222. The van der Waals surface area contributed by atoms with Crippen LogP contribution in [0.2, 0.25) is 0 Å². The molecule has 1 aliphatic carbocycles. The van der Waals surface area contributed by atoms with Crippen LogP contribution in [-0.2, 0) is 0 Å². The van der Waals surface area contributed by atoms with Gasteiger partial charge in [-0.2, -0.15) is 0 Å². The molecule has 5 rings (SSSR count). The molecule has 0 fully saturated rings. The molecule has 0 saturated carbocycles. The number of allylic oxidation sites excluding steroid dienone is 4. The molecule has 5 heteroatoms. The molecule has 1 aromatic carbocycles. The van der Waals surface area contributed by atoms with E-state index >= 15 is 0 Å². The van der Waals surface area contributed by atoms with Crippen LogP contribution in [0.4, 0.5) is 0 Å². The normalized spacial score (nSPS) is 23.9. The lowest BCUT2D eigenvalue weighted by atomic mass is 9.73. The summed E-state index contributed by atoms with van der Waals surface area (Å²) in [5.74, 6) is 0.867. The van der Waals surface area contributed by atoms with Crippen LogP contribution in [0.25, 0.3) is 5.69 Å². The van der Waals surface area contributed by atoms with Gasteiger partial charge in [0.25, 0.3) is 0 Å². The fourth-order valence-electron chi connectivity index (χ4n) is 4.87. The van der Waals surface area contributed by atoms with Crippen LogP contribution in [-0.4, -0.2) is 13.9 Å². The van der Waals surface area contributed by atoms with Gasteiger partial charge in [-0.1, -0.05) is 48.4 Å². The summed E-state index contributed by atoms with van der Waals surface area (Å²) >= 11 is 0. The maximum absolute atomic E-state index is 13.3. The average Bonchev–Trinajstić information content (AvgIpc) is 2.94. The lowest BCUT2D eigenvalue weighted by Crippen LogP contribution is -2.46. The molecule has 2 bridgehead atoms. The van der Waals surface area contributed by atoms with Gasteiger partial charge >= 0.3 is 11.4 Å². The summed E-state index contributed by atoms with van der Waals surface area (Å²) in [5, 5.41) is 0. The van der Waals surface area contributed by atoms with Crippen LogP contribution in [0.15, 0.2) is 63.2 Å². The van der Waals surface area contributed by atoms with Gasteiger partial charge in [-0.3, -0.25) is 0 Å². The number of nitrogens with zero attached hydrogens (tertiary/aromatic N) is 3. The fraction of sp³-hybridized carbons (Fsp3) is 0.478. The van der Waals surface area contributed by atoms with E-state index < -0.39 is 0 Å². The highest BCUT2D eigenvalue weighted by Gasteiger charge is 2.44. The monoisotopic (exact) mass is 379 g/mol. The highest BCUT2D eigenvalue weighted by atomic mass is 16.2. The summed E-state index contributed by atoms with van der Waals surface area (Å²) in [4.78, 5) is 26.4. The van der Waals surface area contributed by atoms with Gasteiger partial charge in [-0.25, -0.2) is 23.5 Å². The van der Waals surface area contributed by atoms with E-state index in [1.165, 1.54) is 15.7 Å². The molecule has 5 nitrogen and oxygen atoms in total. The predicted molar refractivity (Wildman–Crippen MR) is 112 cm³/mol. The number of aromatic nitrogens is 3. The van der Waals surface area contributed by atoms with E-state index in [1.807, 2.05) is 30.3 Å². The summed E-state index contributed by atoms with van der Waals surface area (Å²) in [6.07, 6.45) is 7.59. The van der Waals surface area contributed by atoms with Gasteiger partial charge in [0.15, 0.2) is 0 Å². The third-order valence-electron chi connectivity index (χ3n) is 6.40. The predicted octanol–water partition coefficient (Wildman–Crippen LogP) is 4.25. The first-order chi connectivity index (χ1) is 13.4. The Morgan fingerprint density at radius 3 is 2.50 bits per heavy atom. The SMILES string of the molecule is CC(C)=CCC[C@@H](C)[C@H]1CC2C(C)=CC1n1c(=O)n(-c3ccccc3)c(=O)n12. The number of hydrogen-bond donors (Lipinski definition) is 0. The van der Waals surface area contributed by atoms with Gasteiger partial charge < -0.3 is 0 Å². The van der Waals surface area contributed by atoms with Crippen molar-refractivity contribution in [1.29, 1.82) is 0 Å². The standard InChI is InChI=1S/C23H29N3O2/c1-15(2)9-8-10-16(3)19-14-20-17(4)13-21(19)26-23(28)24(22(27)25(20)26)18-11-6-5-7-12-18/h5-7,9,11-13,16,19-21H,8,10,14H2,1-4H3/t16-,19-,20?,21?/m1/s1. The Bertz CT molecular complexity index is 1050. The molecule has 2 aliphatic heterocycles. The van der Waals surface area contributed by atoms with E-state index in [4.69, 9.17) is 0 Å². The fourth-order valence-corrected chi connectivity index (χ4v) is 4.87. The Labute approximate surface area is 165 Å². The quantitative estimate of drug-likeness (QED) is 0.730. The van der Waals surface area contributed by atoms with Crippen molar-refractivity contribution in [2.24, 2.45) is 11.8 Å². The third kappa shape index (κ3) is 2.93. The first-order valence-corrected chi connectivity index (χ1v) is 10.2. The zero-order valence-electron chi connectivity index (χ0n) is 17.1. The Balaban J connectivity index is 1.75. The zero-order chi connectivity index (χ0) is 20.0. The number of para-hydroxylation sites is 1. The summed E-state index contributed by atoms with van der Waals surface area (Å²) in [5.41, 5.74) is 2.73. The van der Waals surface area contributed by atoms with Crippen LogP contribution in [0.3, 0.4) is 0 Å². The first kappa shape index (κ1) is 18.8. The smallest absolute Gasteiger partial charge is 0.245 e. The van der Waals surface area contributed by atoms with Crippen molar-refractivity contribution in [3.8, 4) is 5.69 Å². The van der Waals surface area contributed by atoms with Gasteiger partial charge in [0.2, 0.25) is 0 Å². The molecule has 0 saturated heterocycles. The molecule has 4 atom stereocenters. The second-order valence-corrected chi connectivity index (χ2v) is 8.58. The second-order valence-electron chi connectivity index (χ2n) is 8.58. The van der Waals surface area contributed by atoms with E-state index in [0.29, 0.717) is 17.5 Å². The van der Waals surface area contributed by atoms with E-state index in [-0.39, 0.29) is 23.5 Å². The number of fused-ring (bicyclic) bond motifs is 1. The van der Waals surface area contributed by atoms with Gasteiger partial charge in [0.05, 0.1) is 17.8 Å². The van der Waals surface area contributed by atoms with Crippen LogP contribution in [0, 0.1) is 11.8 Å². The molecule has 28 heavy (non-hydrogen) atoms. The molecule has 0 amide bonds. The Morgan fingerprint density at radius 1 is 1.14 bits per heavy atom. The van der Waals surface area contributed by atoms with Crippen LogP contribution >= 0.6 is 0 Å². The minimum atomic E-state index is -0.228. The molecule has 0 spiro atoms. The Morgan fingerprint density at radius 2 is 1.82 bits per heavy atom. The maximum Gasteiger partial charge on any atom is 0.352 e. The number of rotatable bonds is 5. The summed E-state index contributed by atoms with van der Waals surface area (Å²) in [6.45, 7) is 8.63. The third-order valence-corrected chi connectivity index (χ3v) is 6.40. The maximum atomic E-state index is 13.3. The molecule has 148 valence electrons. The molecule has 2 unspecified atom stereocenters. The van der Waals surface area contributed by atoms with Crippen LogP contribution in [0.5, 0.6) is 0 Å². The van der Waals surface area contributed by atoms with Crippen molar-refractivity contribution < 1.29 is 0 Å². The molecule has 0 radical (unpaired) electrons. The lowest BCUT2D eigenvalue weighted by Gasteiger charge is -2.44. The van der Waals surface area contributed by atoms with E-state index in [0.717, 1.165) is 19.3 Å². The van der Waals surface area contributed by atoms with Crippen molar-refractivity contribution in [1.82, 2.24) is 13.9 Å². The van der Waals surface area contributed by atoms with E-state index in [9.17, 15) is 9.59 Å². The van der Waals surface area contributed by atoms with Crippen molar-refractivity contribution in [2.45, 2.75) is 59.0 Å². The lowest BCUT2D eigenvalue weighted by molar-refractivity contribution is 0.121. The topological polar surface area (TPSA) is 48.9 Å². The van der Waals surface area contributed by atoms with Crippen molar-refractivity contribution in [2.75, 3.05) is 0 Å². The van der Waals surface area contributed by atoms with Crippen molar-refractivity contribution in [3.05, 3.63) is 74.6 Å². The minimum Gasteiger partial charge on any atom is -0.245 e. The van der Waals surface area contributed by atoms with Crippen LogP contribution in [0.1, 0.15) is 59.0 Å². The molecular formula is C23H29N3O2. The largest absolute Gasteiger partial charge is 0.352 e. The zero-order valence-corrected chi connectivity index (χ0v) is 17.1. The van der Waals surface area contributed by atoms with Crippen molar-refractivity contribution >= 4 is 0 Å². The molecule has 0 N–H and O–H groups in total. The highest BCUT2D eigenvalue weighted by Crippen LogP contribution is 2.46. The second kappa shape index (κ2) is 7.12. The number of hydrogen-bond acceptors (Lipinski definition) is 2. The van der Waals surface area contributed by atoms with Gasteiger partial charge in [0.1, 0.15) is 0 Å². The summed E-state index contributed by atoms with van der Waals surface area (Å²) < 4.78 is 4.75. The molecule has 2 aromatic rings. The van der Waals surface area contributed by atoms with Gasteiger partial charge in [-0.15, -0.1) is 0 Å². The molecule has 3 heterocycles. The first-order valence-electron chi connectivity index (χ1n) is 10.2. The van der Waals surface area contributed by atoms with Crippen molar-refractivity contribution in [3.63, 3.8) is 0 Å². The molecular weight excluding hydrogens is 350 g/mol. The average molecular weight is 380 g/mol. The molecule has 3 aliphatic rings. The summed E-state index contributed by atoms with van der Waals surface area (Å²) in [6, 6.07) is 9.17. The van der Waals surface area contributed by atoms with Gasteiger partial charge in [0, 0.05) is 0 Å². The Hall–Kier alpha value is -2.56. The van der Waals surface area contributed by atoms with E-state index in [1.54, 1.807) is 9.36 Å². The number of benzene rings is 1. The van der Waals surface area contributed by atoms with E-state index in [2.05, 4.69) is 39.8 Å². The molecule has 1 aromatic heterocycles.